The van der Waals surface area contributed by atoms with Crippen molar-refractivity contribution in [3.63, 3.8) is 0 Å². The largest absolute Gasteiger partial charge is 0.493 e. The minimum absolute atomic E-state index is 0.0280. The van der Waals surface area contributed by atoms with Crippen LogP contribution in [0.1, 0.15) is 16.7 Å². The van der Waals surface area contributed by atoms with Crippen LogP contribution in [0.3, 0.4) is 0 Å². The van der Waals surface area contributed by atoms with Gasteiger partial charge in [0.25, 0.3) is 5.91 Å². The van der Waals surface area contributed by atoms with Gasteiger partial charge in [-0.05, 0) is 29.8 Å². The second-order valence-electron chi connectivity index (χ2n) is 5.89. The Morgan fingerprint density at radius 2 is 1.93 bits per heavy atom. The van der Waals surface area contributed by atoms with Crippen molar-refractivity contribution in [3.05, 3.63) is 64.7 Å². The number of nitriles is 2. The number of hydrogen-bond acceptors (Lipinski definition) is 6. The number of nitrogens with one attached hydrogen (secondary N) is 1. The van der Waals surface area contributed by atoms with Gasteiger partial charge in [0, 0.05) is 19.2 Å². The van der Waals surface area contributed by atoms with Crippen LogP contribution in [0.5, 0.6) is 11.5 Å². The molecule has 7 heteroatoms. The Balaban J connectivity index is 2.16. The molecule has 0 spiro atoms. The highest BCUT2D eigenvalue weighted by Gasteiger charge is 2.11. The molecule has 0 unspecified atom stereocenters. The number of rotatable bonds is 9. The number of ether oxygens (including phenoxy) is 3. The lowest BCUT2D eigenvalue weighted by molar-refractivity contribution is -0.117. The van der Waals surface area contributed by atoms with Crippen molar-refractivity contribution in [1.29, 1.82) is 10.5 Å². The summed E-state index contributed by atoms with van der Waals surface area (Å²) in [5.41, 5.74) is 1.90. The number of nitrogens with zero attached hydrogens (tertiary/aromatic N) is 2. The zero-order valence-corrected chi connectivity index (χ0v) is 16.3. The molecule has 2 rings (SSSR count). The van der Waals surface area contributed by atoms with Gasteiger partial charge in [0.2, 0.25) is 0 Å². The average molecular weight is 391 g/mol. The maximum atomic E-state index is 12.1. The smallest absolute Gasteiger partial charge is 0.262 e. The summed E-state index contributed by atoms with van der Waals surface area (Å²) in [5.74, 6) is 0.461. The summed E-state index contributed by atoms with van der Waals surface area (Å²) < 4.78 is 16.0. The summed E-state index contributed by atoms with van der Waals surface area (Å²) in [4.78, 5) is 12.1. The molecule has 2 aromatic carbocycles. The molecular weight excluding hydrogens is 370 g/mol. The first-order valence-corrected chi connectivity index (χ1v) is 8.80. The fourth-order valence-electron chi connectivity index (χ4n) is 2.48. The van der Waals surface area contributed by atoms with E-state index >= 15 is 0 Å². The molecule has 0 bridgehead atoms. The van der Waals surface area contributed by atoms with E-state index in [4.69, 9.17) is 14.2 Å². The molecule has 1 amide bonds. The van der Waals surface area contributed by atoms with Crippen LogP contribution >= 0.6 is 0 Å². The third kappa shape index (κ3) is 6.10. The molecule has 0 atom stereocenters. The summed E-state index contributed by atoms with van der Waals surface area (Å²) in [6.07, 6.45) is 1.47. The molecule has 0 saturated carbocycles. The Labute approximate surface area is 169 Å². The molecule has 0 aromatic heterocycles. The first kappa shape index (κ1) is 21.5. The van der Waals surface area contributed by atoms with Gasteiger partial charge in [0.05, 0.1) is 25.3 Å². The molecule has 0 heterocycles. The van der Waals surface area contributed by atoms with E-state index in [2.05, 4.69) is 11.4 Å². The number of benzene rings is 2. The van der Waals surface area contributed by atoms with Crippen LogP contribution in [0.25, 0.3) is 6.08 Å². The van der Waals surface area contributed by atoms with Crippen molar-refractivity contribution in [2.75, 3.05) is 27.4 Å². The fourth-order valence-corrected chi connectivity index (χ4v) is 2.48. The molecule has 0 saturated heterocycles. The number of methoxy groups -OCH3 is 2. The third-order valence-corrected chi connectivity index (χ3v) is 3.98. The lowest BCUT2D eigenvalue weighted by atomic mass is 10.1. The van der Waals surface area contributed by atoms with Gasteiger partial charge in [-0.3, -0.25) is 4.79 Å². The van der Waals surface area contributed by atoms with Gasteiger partial charge in [-0.1, -0.05) is 24.3 Å². The molecule has 7 nitrogen and oxygen atoms in total. The Morgan fingerprint density at radius 1 is 1.14 bits per heavy atom. The lowest BCUT2D eigenvalue weighted by Crippen LogP contribution is -2.27. The van der Waals surface area contributed by atoms with Crippen LogP contribution in [0.2, 0.25) is 0 Å². The SMILES string of the molecule is COCCNC(=O)C(C#N)=Cc1ccc(OCc2ccccc2C#N)c(OC)c1. The molecule has 0 aliphatic rings. The normalized spacial score (nSPS) is 10.6. The minimum Gasteiger partial charge on any atom is -0.493 e. The van der Waals surface area contributed by atoms with Gasteiger partial charge >= 0.3 is 0 Å². The predicted octanol–water partition coefficient (Wildman–Crippen LogP) is 2.82. The standard InChI is InChI=1S/C22H21N3O4/c1-27-10-9-25-22(26)19(14-24)11-16-7-8-20(21(12-16)28-2)29-15-18-6-4-3-5-17(18)13-23/h3-8,11-12H,9-10,15H2,1-2H3,(H,25,26). The molecule has 0 fully saturated rings. The Hall–Kier alpha value is -3.81. The van der Waals surface area contributed by atoms with Gasteiger partial charge in [-0.15, -0.1) is 0 Å². The van der Waals surface area contributed by atoms with Gasteiger partial charge < -0.3 is 19.5 Å². The summed E-state index contributed by atoms with van der Waals surface area (Å²) in [5, 5.41) is 21.0. The molecule has 148 valence electrons. The summed E-state index contributed by atoms with van der Waals surface area (Å²) in [6.45, 7) is 0.883. The highest BCUT2D eigenvalue weighted by molar-refractivity contribution is 6.01. The maximum Gasteiger partial charge on any atom is 0.262 e. The van der Waals surface area contributed by atoms with Crippen molar-refractivity contribution in [3.8, 4) is 23.6 Å². The molecule has 1 N–H and O–H groups in total. The zero-order chi connectivity index (χ0) is 21.1. The van der Waals surface area contributed by atoms with Gasteiger partial charge in [0.15, 0.2) is 11.5 Å². The van der Waals surface area contributed by atoms with E-state index in [-0.39, 0.29) is 12.2 Å². The Kier molecular flexibility index (Phi) is 8.25. The van der Waals surface area contributed by atoms with E-state index in [1.807, 2.05) is 18.2 Å². The maximum absolute atomic E-state index is 12.1. The summed E-state index contributed by atoms with van der Waals surface area (Å²) >= 11 is 0. The molecule has 29 heavy (non-hydrogen) atoms. The monoisotopic (exact) mass is 391 g/mol. The number of hydrogen-bond donors (Lipinski definition) is 1. The first-order valence-electron chi connectivity index (χ1n) is 8.80. The van der Waals surface area contributed by atoms with E-state index in [1.165, 1.54) is 20.3 Å². The van der Waals surface area contributed by atoms with Crippen molar-refractivity contribution < 1.29 is 19.0 Å². The zero-order valence-electron chi connectivity index (χ0n) is 16.3. The van der Waals surface area contributed by atoms with Crippen LogP contribution in [0, 0.1) is 22.7 Å². The van der Waals surface area contributed by atoms with Crippen molar-refractivity contribution in [1.82, 2.24) is 5.32 Å². The molecule has 0 aliphatic heterocycles. The number of carbonyl (C=O) groups excluding carboxylic acids is 1. The number of amides is 1. The van der Waals surface area contributed by atoms with E-state index in [1.54, 1.807) is 30.3 Å². The van der Waals surface area contributed by atoms with E-state index in [9.17, 15) is 15.3 Å². The second kappa shape index (κ2) is 11.1. The van der Waals surface area contributed by atoms with Crippen LogP contribution in [0.4, 0.5) is 0 Å². The van der Waals surface area contributed by atoms with Crippen LogP contribution in [0.15, 0.2) is 48.0 Å². The summed E-state index contributed by atoms with van der Waals surface area (Å²) in [6, 6.07) is 16.3. The fraction of sp³-hybridized carbons (Fsp3) is 0.227. The minimum atomic E-state index is -0.475. The van der Waals surface area contributed by atoms with E-state index < -0.39 is 5.91 Å². The molecule has 0 aliphatic carbocycles. The topological polar surface area (TPSA) is 104 Å². The van der Waals surface area contributed by atoms with Crippen molar-refractivity contribution in [2.45, 2.75) is 6.61 Å². The molecular formula is C22H21N3O4. The van der Waals surface area contributed by atoms with Crippen molar-refractivity contribution >= 4 is 12.0 Å². The van der Waals surface area contributed by atoms with E-state index in [0.29, 0.717) is 35.8 Å². The second-order valence-corrected chi connectivity index (χ2v) is 5.89. The molecule has 2 aromatic rings. The number of carbonyl (C=O) groups is 1. The Bertz CT molecular complexity index is 971. The first-order chi connectivity index (χ1) is 14.1. The third-order valence-electron chi connectivity index (χ3n) is 3.98. The predicted molar refractivity (Wildman–Crippen MR) is 107 cm³/mol. The van der Waals surface area contributed by atoms with Crippen molar-refractivity contribution in [2.24, 2.45) is 0 Å². The van der Waals surface area contributed by atoms with Crippen LogP contribution in [-0.2, 0) is 16.1 Å². The van der Waals surface area contributed by atoms with Gasteiger partial charge in [-0.2, -0.15) is 10.5 Å². The van der Waals surface area contributed by atoms with Gasteiger partial charge in [0.1, 0.15) is 18.2 Å². The quantitative estimate of drug-likeness (QED) is 0.400. The van der Waals surface area contributed by atoms with E-state index in [0.717, 1.165) is 5.56 Å². The summed E-state index contributed by atoms with van der Waals surface area (Å²) in [7, 11) is 3.03. The highest BCUT2D eigenvalue weighted by atomic mass is 16.5. The van der Waals surface area contributed by atoms with Gasteiger partial charge in [-0.25, -0.2) is 0 Å². The lowest BCUT2D eigenvalue weighted by Gasteiger charge is -2.12. The van der Waals surface area contributed by atoms with Crippen LogP contribution in [-0.4, -0.2) is 33.3 Å². The average Bonchev–Trinajstić information content (AvgIpc) is 2.76. The Morgan fingerprint density at radius 3 is 2.62 bits per heavy atom. The molecule has 0 radical (unpaired) electrons. The highest BCUT2D eigenvalue weighted by Crippen LogP contribution is 2.30. The van der Waals surface area contributed by atoms with Crippen LogP contribution < -0.4 is 14.8 Å².